The summed E-state index contributed by atoms with van der Waals surface area (Å²) < 4.78 is 11.1. The van der Waals surface area contributed by atoms with Crippen molar-refractivity contribution in [1.29, 1.82) is 0 Å². The van der Waals surface area contributed by atoms with E-state index in [2.05, 4.69) is 17.1 Å². The summed E-state index contributed by atoms with van der Waals surface area (Å²) in [6.45, 7) is 2.01. The molecular weight excluding hydrogens is 286 g/mol. The van der Waals surface area contributed by atoms with E-state index >= 15 is 0 Å². The molecular formula is C20H19NO2. The molecule has 0 saturated carbocycles. The van der Waals surface area contributed by atoms with Crippen molar-refractivity contribution >= 4 is 0 Å². The van der Waals surface area contributed by atoms with E-state index in [0.29, 0.717) is 0 Å². The first-order valence-corrected chi connectivity index (χ1v) is 7.48. The number of pyridine rings is 1. The maximum absolute atomic E-state index is 5.54. The molecule has 3 aromatic rings. The molecule has 3 rings (SSSR count). The van der Waals surface area contributed by atoms with Crippen LogP contribution >= 0.6 is 0 Å². The molecule has 0 aliphatic carbocycles. The van der Waals surface area contributed by atoms with Gasteiger partial charge < -0.3 is 9.47 Å². The van der Waals surface area contributed by atoms with Crippen molar-refractivity contribution < 1.29 is 9.47 Å². The summed E-state index contributed by atoms with van der Waals surface area (Å²) >= 11 is 0. The Bertz CT molecular complexity index is 827. The number of aryl methyl sites for hydroxylation is 1. The van der Waals surface area contributed by atoms with Crippen molar-refractivity contribution in [3.8, 4) is 33.8 Å². The first kappa shape index (κ1) is 15.1. The highest BCUT2D eigenvalue weighted by molar-refractivity contribution is 5.89. The van der Waals surface area contributed by atoms with Crippen molar-refractivity contribution in [2.45, 2.75) is 6.92 Å². The normalized spacial score (nSPS) is 10.4. The SMILES string of the molecule is COc1ccccc1-c1ccnc(C)c1-c1ccccc1OC. The Morgan fingerprint density at radius 1 is 0.696 bits per heavy atom. The van der Waals surface area contributed by atoms with Crippen LogP contribution in [0.4, 0.5) is 0 Å². The third-order valence-electron chi connectivity index (χ3n) is 3.91. The molecule has 0 radical (unpaired) electrons. The number of hydrogen-bond donors (Lipinski definition) is 0. The van der Waals surface area contributed by atoms with Crippen LogP contribution in [0.5, 0.6) is 11.5 Å². The number of benzene rings is 2. The first-order chi connectivity index (χ1) is 11.3. The van der Waals surface area contributed by atoms with Crippen molar-refractivity contribution in [1.82, 2.24) is 4.98 Å². The maximum Gasteiger partial charge on any atom is 0.126 e. The Kier molecular flexibility index (Phi) is 4.29. The Balaban J connectivity index is 2.30. The summed E-state index contributed by atoms with van der Waals surface area (Å²) in [6, 6.07) is 18.0. The van der Waals surface area contributed by atoms with Gasteiger partial charge in [-0.15, -0.1) is 0 Å². The van der Waals surface area contributed by atoms with Gasteiger partial charge in [-0.3, -0.25) is 4.98 Å². The third-order valence-corrected chi connectivity index (χ3v) is 3.91. The third kappa shape index (κ3) is 2.78. The molecule has 2 aromatic carbocycles. The lowest BCUT2D eigenvalue weighted by atomic mass is 9.93. The van der Waals surface area contributed by atoms with Gasteiger partial charge in [-0.2, -0.15) is 0 Å². The minimum atomic E-state index is 0.833. The number of para-hydroxylation sites is 2. The second kappa shape index (κ2) is 6.53. The average Bonchev–Trinajstić information content (AvgIpc) is 2.61. The quantitative estimate of drug-likeness (QED) is 0.697. The smallest absolute Gasteiger partial charge is 0.126 e. The van der Waals surface area contributed by atoms with Gasteiger partial charge in [0.1, 0.15) is 11.5 Å². The van der Waals surface area contributed by atoms with E-state index < -0.39 is 0 Å². The average molecular weight is 305 g/mol. The van der Waals surface area contributed by atoms with Crippen LogP contribution in [0.25, 0.3) is 22.3 Å². The van der Waals surface area contributed by atoms with E-state index in [4.69, 9.17) is 9.47 Å². The molecule has 1 heterocycles. The summed E-state index contributed by atoms with van der Waals surface area (Å²) in [6.07, 6.45) is 1.83. The van der Waals surface area contributed by atoms with E-state index in [1.54, 1.807) is 14.2 Å². The second-order valence-corrected chi connectivity index (χ2v) is 5.22. The highest BCUT2D eigenvalue weighted by atomic mass is 16.5. The van der Waals surface area contributed by atoms with Crippen molar-refractivity contribution in [2.75, 3.05) is 14.2 Å². The minimum Gasteiger partial charge on any atom is -0.496 e. The molecule has 0 bridgehead atoms. The molecule has 0 N–H and O–H groups in total. The Morgan fingerprint density at radius 2 is 1.26 bits per heavy atom. The van der Waals surface area contributed by atoms with Crippen LogP contribution in [0.2, 0.25) is 0 Å². The molecule has 116 valence electrons. The molecule has 3 nitrogen and oxygen atoms in total. The zero-order chi connectivity index (χ0) is 16.2. The van der Waals surface area contributed by atoms with Gasteiger partial charge in [-0.05, 0) is 30.7 Å². The number of nitrogens with zero attached hydrogens (tertiary/aromatic N) is 1. The molecule has 0 aliphatic rings. The number of aromatic nitrogens is 1. The molecule has 0 amide bonds. The summed E-state index contributed by atoms with van der Waals surface area (Å²) in [5.74, 6) is 1.67. The zero-order valence-corrected chi connectivity index (χ0v) is 13.5. The van der Waals surface area contributed by atoms with Gasteiger partial charge in [-0.25, -0.2) is 0 Å². The van der Waals surface area contributed by atoms with E-state index in [1.807, 2.05) is 55.6 Å². The van der Waals surface area contributed by atoms with Crippen LogP contribution in [-0.2, 0) is 0 Å². The maximum atomic E-state index is 5.54. The minimum absolute atomic E-state index is 0.833. The van der Waals surface area contributed by atoms with E-state index in [0.717, 1.165) is 39.4 Å². The van der Waals surface area contributed by atoms with Gasteiger partial charge in [-0.1, -0.05) is 36.4 Å². The van der Waals surface area contributed by atoms with Gasteiger partial charge >= 0.3 is 0 Å². The molecule has 0 unspecified atom stereocenters. The fraction of sp³-hybridized carbons (Fsp3) is 0.150. The number of methoxy groups -OCH3 is 2. The van der Waals surface area contributed by atoms with Gasteiger partial charge in [0.2, 0.25) is 0 Å². The van der Waals surface area contributed by atoms with E-state index in [-0.39, 0.29) is 0 Å². The molecule has 0 fully saturated rings. The predicted molar refractivity (Wildman–Crippen MR) is 93.0 cm³/mol. The molecule has 23 heavy (non-hydrogen) atoms. The fourth-order valence-electron chi connectivity index (χ4n) is 2.85. The van der Waals surface area contributed by atoms with Crippen LogP contribution < -0.4 is 9.47 Å². The van der Waals surface area contributed by atoms with Crippen molar-refractivity contribution in [2.24, 2.45) is 0 Å². The monoisotopic (exact) mass is 305 g/mol. The second-order valence-electron chi connectivity index (χ2n) is 5.22. The fourth-order valence-corrected chi connectivity index (χ4v) is 2.85. The van der Waals surface area contributed by atoms with Crippen LogP contribution in [0.3, 0.4) is 0 Å². The lowest BCUT2D eigenvalue weighted by Gasteiger charge is -2.17. The van der Waals surface area contributed by atoms with E-state index in [9.17, 15) is 0 Å². The van der Waals surface area contributed by atoms with Gasteiger partial charge in [0, 0.05) is 28.6 Å². The zero-order valence-electron chi connectivity index (χ0n) is 13.5. The molecule has 0 saturated heterocycles. The number of hydrogen-bond acceptors (Lipinski definition) is 3. The standard InChI is InChI=1S/C20H19NO2/c1-14-20(17-9-5-7-11-19(17)23-3)16(12-13-21-14)15-8-4-6-10-18(15)22-2/h4-13H,1-3H3. The highest BCUT2D eigenvalue weighted by Gasteiger charge is 2.16. The van der Waals surface area contributed by atoms with Gasteiger partial charge in [0.25, 0.3) is 0 Å². The van der Waals surface area contributed by atoms with Crippen LogP contribution in [0.15, 0.2) is 60.8 Å². The highest BCUT2D eigenvalue weighted by Crippen LogP contribution is 2.41. The lowest BCUT2D eigenvalue weighted by molar-refractivity contribution is 0.416. The Morgan fingerprint density at radius 3 is 1.91 bits per heavy atom. The van der Waals surface area contributed by atoms with Crippen LogP contribution in [0.1, 0.15) is 5.69 Å². The Labute approximate surface area is 136 Å². The van der Waals surface area contributed by atoms with Gasteiger partial charge in [0.05, 0.1) is 14.2 Å². The summed E-state index contributed by atoms with van der Waals surface area (Å²) in [4.78, 5) is 4.48. The lowest BCUT2D eigenvalue weighted by Crippen LogP contribution is -1.96. The predicted octanol–water partition coefficient (Wildman–Crippen LogP) is 4.74. The van der Waals surface area contributed by atoms with Gasteiger partial charge in [0.15, 0.2) is 0 Å². The molecule has 3 heteroatoms. The molecule has 1 aromatic heterocycles. The number of ether oxygens (including phenoxy) is 2. The molecule has 0 atom stereocenters. The number of rotatable bonds is 4. The van der Waals surface area contributed by atoms with Crippen LogP contribution in [0, 0.1) is 6.92 Å². The summed E-state index contributed by atoms with van der Waals surface area (Å²) in [5.41, 5.74) is 5.18. The Hall–Kier alpha value is -2.81. The topological polar surface area (TPSA) is 31.4 Å². The molecule has 0 aliphatic heterocycles. The van der Waals surface area contributed by atoms with Crippen molar-refractivity contribution in [3.05, 3.63) is 66.5 Å². The largest absolute Gasteiger partial charge is 0.496 e. The first-order valence-electron chi connectivity index (χ1n) is 7.48. The van der Waals surface area contributed by atoms with E-state index in [1.165, 1.54) is 0 Å². The molecule has 0 spiro atoms. The summed E-state index contributed by atoms with van der Waals surface area (Å²) in [7, 11) is 3.38. The van der Waals surface area contributed by atoms with Crippen molar-refractivity contribution in [3.63, 3.8) is 0 Å². The van der Waals surface area contributed by atoms with Crippen LogP contribution in [-0.4, -0.2) is 19.2 Å². The summed E-state index contributed by atoms with van der Waals surface area (Å²) in [5, 5.41) is 0.